The third-order valence-electron chi connectivity index (χ3n) is 6.26. The maximum absolute atomic E-state index is 13.3. The smallest absolute Gasteiger partial charge is 0.238 e. The number of anilines is 2. The second-order valence-corrected chi connectivity index (χ2v) is 10.0. The molecule has 1 saturated heterocycles. The normalized spacial score (nSPS) is 18.4. The second kappa shape index (κ2) is 7.72. The summed E-state index contributed by atoms with van der Waals surface area (Å²) in [5.74, 6) is -0.0961. The molecule has 0 spiro atoms. The molecule has 1 atom stereocenters. The fourth-order valence-electron chi connectivity index (χ4n) is 4.52. The Bertz CT molecular complexity index is 1270. The maximum Gasteiger partial charge on any atom is 0.238 e. The van der Waals surface area contributed by atoms with Gasteiger partial charge >= 0.3 is 0 Å². The number of fused-ring (bicyclic) bond motifs is 1. The molecule has 3 heterocycles. The van der Waals surface area contributed by atoms with Gasteiger partial charge < -0.3 is 9.80 Å². The Morgan fingerprint density at radius 3 is 2.47 bits per heavy atom. The maximum atomic E-state index is 13.3. The summed E-state index contributed by atoms with van der Waals surface area (Å²) in [4.78, 5) is 21.6. The molecular formula is C24H24N4O3S. The molecule has 8 heteroatoms. The van der Waals surface area contributed by atoms with Crippen molar-refractivity contribution in [3.05, 3.63) is 72.4 Å². The Labute approximate surface area is 187 Å². The molecule has 1 aromatic heterocycles. The quantitative estimate of drug-likeness (QED) is 0.662. The summed E-state index contributed by atoms with van der Waals surface area (Å²) < 4.78 is 23.5. The minimum absolute atomic E-state index is 0.0139. The number of hydrogen-bond acceptors (Lipinski definition) is 5. The number of amides is 1. The topological polar surface area (TPSA) is 96.6 Å². The van der Waals surface area contributed by atoms with Crippen molar-refractivity contribution in [1.29, 1.82) is 0 Å². The first kappa shape index (κ1) is 20.7. The Morgan fingerprint density at radius 2 is 1.81 bits per heavy atom. The van der Waals surface area contributed by atoms with E-state index in [-0.39, 0.29) is 22.8 Å². The van der Waals surface area contributed by atoms with Gasteiger partial charge in [-0.25, -0.2) is 13.6 Å². The third-order valence-corrected chi connectivity index (χ3v) is 7.17. The highest BCUT2D eigenvalue weighted by molar-refractivity contribution is 7.89. The molecule has 2 N–H and O–H groups in total. The zero-order valence-corrected chi connectivity index (χ0v) is 18.5. The van der Waals surface area contributed by atoms with E-state index in [1.54, 1.807) is 17.2 Å². The van der Waals surface area contributed by atoms with Crippen molar-refractivity contribution in [2.45, 2.75) is 24.3 Å². The van der Waals surface area contributed by atoms with E-state index in [4.69, 9.17) is 5.14 Å². The van der Waals surface area contributed by atoms with Crippen LogP contribution in [0.3, 0.4) is 0 Å². The molecule has 3 aromatic rings. The first-order valence-electron chi connectivity index (χ1n) is 10.6. The molecule has 1 amide bonds. The van der Waals surface area contributed by atoms with Gasteiger partial charge in [0.15, 0.2) is 0 Å². The lowest BCUT2D eigenvalue weighted by molar-refractivity contribution is -0.123. The number of carbonyl (C=O) groups is 1. The van der Waals surface area contributed by atoms with Gasteiger partial charge in [-0.2, -0.15) is 0 Å². The van der Waals surface area contributed by atoms with Crippen LogP contribution < -0.4 is 14.9 Å². The molecule has 7 nitrogen and oxygen atoms in total. The highest BCUT2D eigenvalue weighted by Crippen LogP contribution is 2.37. The lowest BCUT2D eigenvalue weighted by atomic mass is 9.96. The van der Waals surface area contributed by atoms with Gasteiger partial charge in [0.25, 0.3) is 0 Å². The van der Waals surface area contributed by atoms with E-state index in [1.165, 1.54) is 12.1 Å². The molecule has 1 unspecified atom stereocenters. The average molecular weight is 449 g/mol. The number of hydrogen-bond donors (Lipinski definition) is 1. The summed E-state index contributed by atoms with van der Waals surface area (Å²) in [5, 5.41) is 5.29. The van der Waals surface area contributed by atoms with E-state index < -0.39 is 10.0 Å². The van der Waals surface area contributed by atoms with Gasteiger partial charge in [0, 0.05) is 42.3 Å². The zero-order valence-electron chi connectivity index (χ0n) is 17.7. The van der Waals surface area contributed by atoms with E-state index in [0.717, 1.165) is 22.5 Å². The molecule has 0 bridgehead atoms. The van der Waals surface area contributed by atoms with Gasteiger partial charge in [0.05, 0.1) is 16.5 Å². The van der Waals surface area contributed by atoms with Crippen LogP contribution in [0.4, 0.5) is 11.4 Å². The minimum Gasteiger partial charge on any atom is -0.370 e. The van der Waals surface area contributed by atoms with Gasteiger partial charge in [-0.15, -0.1) is 0 Å². The molecule has 1 fully saturated rings. The van der Waals surface area contributed by atoms with Crippen LogP contribution >= 0.6 is 0 Å². The average Bonchev–Trinajstić information content (AvgIpc) is 3.08. The highest BCUT2D eigenvalue weighted by atomic mass is 32.2. The van der Waals surface area contributed by atoms with Crippen LogP contribution in [0.1, 0.15) is 12.5 Å². The monoisotopic (exact) mass is 448 g/mol. The van der Waals surface area contributed by atoms with Crippen molar-refractivity contribution >= 4 is 27.3 Å². The lowest BCUT2D eigenvalue weighted by Gasteiger charge is -2.42. The Morgan fingerprint density at radius 1 is 1.06 bits per heavy atom. The predicted molar refractivity (Wildman–Crippen MR) is 124 cm³/mol. The molecule has 32 heavy (non-hydrogen) atoms. The van der Waals surface area contributed by atoms with Crippen LogP contribution in [-0.2, 0) is 21.2 Å². The number of primary sulfonamides is 1. The Hall–Kier alpha value is -3.23. The fraction of sp³-hybridized carbons (Fsp3) is 0.250. The summed E-state index contributed by atoms with van der Waals surface area (Å²) >= 11 is 0. The van der Waals surface area contributed by atoms with Crippen LogP contribution in [0.15, 0.2) is 71.8 Å². The number of nitrogens with two attached hydrogens (primary N) is 1. The number of sulfonamides is 1. The van der Waals surface area contributed by atoms with Crippen molar-refractivity contribution in [3.8, 4) is 11.3 Å². The number of rotatable bonds is 4. The Kier molecular flexibility index (Phi) is 4.98. The van der Waals surface area contributed by atoms with Crippen LogP contribution in [0.2, 0.25) is 0 Å². The summed E-state index contributed by atoms with van der Waals surface area (Å²) in [5.41, 5.74) is 4.68. The molecule has 0 aliphatic carbocycles. The highest BCUT2D eigenvalue weighted by Gasteiger charge is 2.40. The summed E-state index contributed by atoms with van der Waals surface area (Å²) in [6.45, 7) is 3.26. The molecule has 5 rings (SSSR count). The van der Waals surface area contributed by atoms with Crippen molar-refractivity contribution in [2.24, 2.45) is 11.1 Å². The number of nitrogens with zero attached hydrogens (tertiary/aromatic N) is 3. The first-order chi connectivity index (χ1) is 15.3. The summed E-state index contributed by atoms with van der Waals surface area (Å²) in [6, 6.07) is 18.8. The fourth-order valence-corrected chi connectivity index (χ4v) is 5.05. The van der Waals surface area contributed by atoms with Gasteiger partial charge in [-0.05, 0) is 55.3 Å². The largest absolute Gasteiger partial charge is 0.370 e. The van der Waals surface area contributed by atoms with Crippen LogP contribution in [0.5, 0.6) is 0 Å². The van der Waals surface area contributed by atoms with E-state index >= 15 is 0 Å². The van der Waals surface area contributed by atoms with Crippen LogP contribution in [0.25, 0.3) is 11.3 Å². The molecule has 2 aliphatic rings. The van der Waals surface area contributed by atoms with Crippen molar-refractivity contribution in [1.82, 2.24) is 4.98 Å². The van der Waals surface area contributed by atoms with Crippen LogP contribution in [-0.4, -0.2) is 38.4 Å². The van der Waals surface area contributed by atoms with E-state index in [0.29, 0.717) is 25.2 Å². The van der Waals surface area contributed by atoms with E-state index in [9.17, 15) is 13.2 Å². The number of aromatic nitrogens is 1. The predicted octanol–water partition coefficient (Wildman–Crippen LogP) is 2.81. The van der Waals surface area contributed by atoms with Gasteiger partial charge in [-0.3, -0.25) is 9.78 Å². The standard InChI is InChI=1S/C24H24N4O3S/c1-16-12-18-7-10-21(32(25,30)31)13-23(18)28(16)24(29)19-14-27(15-19)20-8-5-17(6-9-20)22-4-2-3-11-26-22/h2-11,13,16,19H,12,14-15H2,1H3,(H2,25,30,31). The molecule has 0 saturated carbocycles. The number of pyridine rings is 1. The van der Waals surface area contributed by atoms with Crippen LogP contribution in [0, 0.1) is 5.92 Å². The molecule has 0 radical (unpaired) electrons. The van der Waals surface area contributed by atoms with Gasteiger partial charge in [0.2, 0.25) is 15.9 Å². The molecule has 2 aliphatic heterocycles. The van der Waals surface area contributed by atoms with Gasteiger partial charge in [0.1, 0.15) is 0 Å². The third kappa shape index (κ3) is 3.65. The number of benzene rings is 2. The molecular weight excluding hydrogens is 424 g/mol. The Balaban J connectivity index is 1.29. The first-order valence-corrected chi connectivity index (χ1v) is 12.1. The molecule has 164 valence electrons. The lowest BCUT2D eigenvalue weighted by Crippen LogP contribution is -2.55. The number of carbonyl (C=O) groups excluding carboxylic acids is 1. The van der Waals surface area contributed by atoms with Crippen molar-refractivity contribution in [3.63, 3.8) is 0 Å². The SMILES string of the molecule is CC1Cc2ccc(S(N)(=O)=O)cc2N1C(=O)C1CN(c2ccc(-c3ccccn3)cc2)C1. The zero-order chi connectivity index (χ0) is 22.5. The second-order valence-electron chi connectivity index (χ2n) is 8.46. The van der Waals surface area contributed by atoms with Crippen molar-refractivity contribution in [2.75, 3.05) is 22.9 Å². The minimum atomic E-state index is -3.82. The summed E-state index contributed by atoms with van der Waals surface area (Å²) in [7, 11) is -3.82. The summed E-state index contributed by atoms with van der Waals surface area (Å²) in [6.07, 6.45) is 2.48. The van der Waals surface area contributed by atoms with Gasteiger partial charge in [-0.1, -0.05) is 24.3 Å². The van der Waals surface area contributed by atoms with E-state index in [2.05, 4.69) is 22.0 Å². The van der Waals surface area contributed by atoms with E-state index in [1.807, 2.05) is 37.3 Å². The molecule has 2 aromatic carbocycles. The van der Waals surface area contributed by atoms with Crippen molar-refractivity contribution < 1.29 is 13.2 Å².